The number of fused-ring (bicyclic) bond motifs is 1. The third-order valence-electron chi connectivity index (χ3n) is 3.62. The summed E-state index contributed by atoms with van der Waals surface area (Å²) in [4.78, 5) is 7.84. The van der Waals surface area contributed by atoms with Crippen LogP contribution in [0.15, 0.2) is 30.6 Å². The number of hydrogen-bond donors (Lipinski definition) is 1. The van der Waals surface area contributed by atoms with E-state index < -0.39 is 0 Å². The number of rotatable bonds is 4. The van der Waals surface area contributed by atoms with E-state index in [2.05, 4.69) is 21.4 Å². The fraction of sp³-hybridized carbons (Fsp3) is 0.188. The number of hydrogen-bond acceptors (Lipinski definition) is 4. The van der Waals surface area contributed by atoms with Crippen molar-refractivity contribution >= 4 is 28.3 Å². The molecule has 2 heterocycles. The van der Waals surface area contributed by atoms with Gasteiger partial charge in [0, 0.05) is 24.5 Å². The number of halogens is 2. The monoisotopic (exact) mass is 329 g/mol. The Morgan fingerprint density at radius 1 is 1.35 bits per heavy atom. The third-order valence-corrected chi connectivity index (χ3v) is 3.82. The molecule has 0 fully saturated rings. The molecule has 2 aromatic heterocycles. The molecule has 0 bridgehead atoms. The molecule has 0 amide bonds. The van der Waals surface area contributed by atoms with Gasteiger partial charge in [0.15, 0.2) is 0 Å². The number of nitriles is 1. The Kier molecular flexibility index (Phi) is 4.13. The van der Waals surface area contributed by atoms with Crippen molar-refractivity contribution in [3.8, 4) is 6.07 Å². The van der Waals surface area contributed by atoms with E-state index in [1.165, 1.54) is 12.4 Å². The van der Waals surface area contributed by atoms with Gasteiger partial charge in [-0.05, 0) is 24.6 Å². The Bertz CT molecular complexity index is 913. The fourth-order valence-electron chi connectivity index (χ4n) is 2.52. The van der Waals surface area contributed by atoms with Crippen LogP contribution < -0.4 is 5.32 Å². The van der Waals surface area contributed by atoms with Crippen LogP contribution >= 0.6 is 11.6 Å². The van der Waals surface area contributed by atoms with Gasteiger partial charge in [-0.3, -0.25) is 0 Å². The normalized spacial score (nSPS) is 10.7. The van der Waals surface area contributed by atoms with Crippen LogP contribution in [0.4, 0.5) is 10.2 Å². The third kappa shape index (κ3) is 2.96. The predicted molar refractivity (Wildman–Crippen MR) is 86.9 cm³/mol. The van der Waals surface area contributed by atoms with E-state index in [0.717, 1.165) is 10.9 Å². The Labute approximate surface area is 137 Å². The van der Waals surface area contributed by atoms with Gasteiger partial charge in [0.1, 0.15) is 34.9 Å². The van der Waals surface area contributed by atoms with Crippen LogP contribution in [-0.2, 0) is 6.54 Å². The molecule has 0 aliphatic rings. The van der Waals surface area contributed by atoms with Crippen LogP contribution in [-0.4, -0.2) is 21.1 Å². The summed E-state index contributed by atoms with van der Waals surface area (Å²) >= 11 is 5.80. The summed E-state index contributed by atoms with van der Waals surface area (Å²) in [5.74, 6) is 0.244. The average molecular weight is 330 g/mol. The molecule has 0 radical (unpaired) electrons. The lowest BCUT2D eigenvalue weighted by Gasteiger charge is -2.10. The lowest BCUT2D eigenvalue weighted by Crippen LogP contribution is -2.13. The number of nitrogens with one attached hydrogen (secondary N) is 1. The quantitative estimate of drug-likeness (QED) is 0.744. The zero-order valence-electron chi connectivity index (χ0n) is 12.3. The van der Waals surface area contributed by atoms with Gasteiger partial charge >= 0.3 is 0 Å². The van der Waals surface area contributed by atoms with Crippen LogP contribution in [0, 0.1) is 24.1 Å². The number of anilines is 1. The van der Waals surface area contributed by atoms with Crippen molar-refractivity contribution in [3.05, 3.63) is 52.8 Å². The first-order valence-corrected chi connectivity index (χ1v) is 7.38. The van der Waals surface area contributed by atoms with E-state index in [9.17, 15) is 9.65 Å². The largest absolute Gasteiger partial charge is 0.368 e. The van der Waals surface area contributed by atoms with Crippen molar-refractivity contribution in [2.24, 2.45) is 0 Å². The fourth-order valence-corrected chi connectivity index (χ4v) is 2.67. The summed E-state index contributed by atoms with van der Waals surface area (Å²) in [5.41, 5.74) is 1.81. The minimum atomic E-state index is -0.336. The van der Waals surface area contributed by atoms with E-state index in [0.29, 0.717) is 35.3 Å². The predicted octanol–water partition coefficient (Wildman–Crippen LogP) is 3.52. The second kappa shape index (κ2) is 6.23. The molecule has 23 heavy (non-hydrogen) atoms. The maximum atomic E-state index is 14.2. The maximum Gasteiger partial charge on any atom is 0.147 e. The highest BCUT2D eigenvalue weighted by Crippen LogP contribution is 2.25. The Morgan fingerprint density at radius 3 is 2.91 bits per heavy atom. The molecule has 0 spiro atoms. The first-order chi connectivity index (χ1) is 11.1. The van der Waals surface area contributed by atoms with Crippen LogP contribution in [0.5, 0.6) is 0 Å². The number of aromatic nitrogens is 3. The van der Waals surface area contributed by atoms with Crippen LogP contribution in [0.25, 0.3) is 10.9 Å². The smallest absolute Gasteiger partial charge is 0.147 e. The highest BCUT2D eigenvalue weighted by atomic mass is 35.5. The minimum Gasteiger partial charge on any atom is -0.368 e. The van der Waals surface area contributed by atoms with Crippen LogP contribution in [0.1, 0.15) is 11.3 Å². The zero-order chi connectivity index (χ0) is 16.4. The second-order valence-electron chi connectivity index (χ2n) is 5.07. The molecular formula is C16H13ClFN5. The molecule has 0 saturated heterocycles. The highest BCUT2D eigenvalue weighted by molar-refractivity contribution is 6.29. The molecule has 0 unspecified atom stereocenters. The van der Waals surface area contributed by atoms with E-state index in [-0.39, 0.29) is 5.82 Å². The zero-order valence-corrected chi connectivity index (χ0v) is 13.1. The summed E-state index contributed by atoms with van der Waals surface area (Å²) in [5, 5.41) is 13.5. The van der Waals surface area contributed by atoms with Gasteiger partial charge in [0.25, 0.3) is 0 Å². The van der Waals surface area contributed by atoms with Crippen molar-refractivity contribution in [1.29, 1.82) is 5.26 Å². The molecule has 116 valence electrons. The lowest BCUT2D eigenvalue weighted by molar-refractivity contribution is 0.623. The standard InChI is InChI=1S/C16H13ClFN5/c1-10-2-3-13(18)16-12(10)6-11(8-19)23(16)5-4-20-15-7-14(17)21-9-22-15/h2-3,6-7,9H,4-5H2,1H3,(H,20,21,22). The highest BCUT2D eigenvalue weighted by Gasteiger charge is 2.14. The van der Waals surface area contributed by atoms with Gasteiger partial charge in [0.2, 0.25) is 0 Å². The van der Waals surface area contributed by atoms with Gasteiger partial charge in [-0.2, -0.15) is 5.26 Å². The number of benzene rings is 1. The van der Waals surface area contributed by atoms with E-state index >= 15 is 0 Å². The summed E-state index contributed by atoms with van der Waals surface area (Å²) in [7, 11) is 0. The van der Waals surface area contributed by atoms with Gasteiger partial charge in [-0.1, -0.05) is 17.7 Å². The average Bonchev–Trinajstić information content (AvgIpc) is 2.91. The molecule has 0 aliphatic heterocycles. The summed E-state index contributed by atoms with van der Waals surface area (Å²) in [6, 6.07) is 8.58. The molecular weight excluding hydrogens is 317 g/mol. The SMILES string of the molecule is Cc1ccc(F)c2c1cc(C#N)n2CCNc1cc(Cl)ncn1. The Hall–Kier alpha value is -2.65. The Morgan fingerprint density at radius 2 is 2.17 bits per heavy atom. The summed E-state index contributed by atoms with van der Waals surface area (Å²) in [6.45, 7) is 2.79. The lowest BCUT2D eigenvalue weighted by atomic mass is 10.1. The summed E-state index contributed by atoms with van der Waals surface area (Å²) in [6.07, 6.45) is 1.36. The number of aryl methyl sites for hydroxylation is 1. The first-order valence-electron chi connectivity index (χ1n) is 7.00. The molecule has 0 saturated carbocycles. The van der Waals surface area contributed by atoms with Crippen LogP contribution in [0.2, 0.25) is 5.15 Å². The molecule has 1 N–H and O–H groups in total. The molecule has 1 aromatic carbocycles. The van der Waals surface area contributed by atoms with E-state index in [1.54, 1.807) is 22.8 Å². The number of nitrogens with zero attached hydrogens (tertiary/aromatic N) is 4. The van der Waals surface area contributed by atoms with Gasteiger partial charge < -0.3 is 9.88 Å². The molecule has 5 nitrogen and oxygen atoms in total. The minimum absolute atomic E-state index is 0.336. The Balaban J connectivity index is 1.88. The van der Waals surface area contributed by atoms with Crippen molar-refractivity contribution in [2.75, 3.05) is 11.9 Å². The first kappa shape index (κ1) is 15.3. The molecule has 3 rings (SSSR count). The molecule has 3 aromatic rings. The van der Waals surface area contributed by atoms with Crippen molar-refractivity contribution < 1.29 is 4.39 Å². The van der Waals surface area contributed by atoms with Crippen LogP contribution in [0.3, 0.4) is 0 Å². The summed E-state index contributed by atoms with van der Waals surface area (Å²) < 4.78 is 15.9. The maximum absolute atomic E-state index is 14.2. The van der Waals surface area contributed by atoms with E-state index in [4.69, 9.17) is 11.6 Å². The van der Waals surface area contributed by atoms with Gasteiger partial charge in [-0.25, -0.2) is 14.4 Å². The van der Waals surface area contributed by atoms with Gasteiger partial charge in [-0.15, -0.1) is 0 Å². The molecule has 7 heteroatoms. The molecule has 0 aliphatic carbocycles. The topological polar surface area (TPSA) is 66.5 Å². The van der Waals surface area contributed by atoms with Crippen molar-refractivity contribution in [2.45, 2.75) is 13.5 Å². The van der Waals surface area contributed by atoms with Crippen molar-refractivity contribution in [1.82, 2.24) is 14.5 Å². The van der Waals surface area contributed by atoms with Crippen molar-refractivity contribution in [3.63, 3.8) is 0 Å². The van der Waals surface area contributed by atoms with E-state index in [1.807, 2.05) is 6.92 Å². The van der Waals surface area contributed by atoms with Gasteiger partial charge in [0.05, 0.1) is 5.52 Å². The molecule has 0 atom stereocenters. The second-order valence-corrected chi connectivity index (χ2v) is 5.46.